The molecule has 4 heterocycles. The molecule has 3 atom stereocenters. The van der Waals surface area contributed by atoms with Crippen molar-refractivity contribution in [3.8, 4) is 0 Å². The fraction of sp³-hybridized carbons (Fsp3) is 0.519. The van der Waals surface area contributed by atoms with E-state index in [-0.39, 0.29) is 54.3 Å². The molecule has 16 heteroatoms. The van der Waals surface area contributed by atoms with Gasteiger partial charge in [0, 0.05) is 56.7 Å². The summed E-state index contributed by atoms with van der Waals surface area (Å²) in [5.41, 5.74) is -0.340. The van der Waals surface area contributed by atoms with Crippen molar-refractivity contribution in [3.05, 3.63) is 50.1 Å². The third kappa shape index (κ3) is 6.23. The molecule has 0 spiro atoms. The van der Waals surface area contributed by atoms with E-state index in [4.69, 9.17) is 11.6 Å². The van der Waals surface area contributed by atoms with Crippen LogP contribution in [0.1, 0.15) is 26.7 Å². The highest BCUT2D eigenvalue weighted by Crippen LogP contribution is 2.39. The minimum absolute atomic E-state index is 0.0105. The number of nitrogens with zero attached hydrogens (tertiary/aromatic N) is 5. The molecule has 232 valence electrons. The number of sulfone groups is 1. The van der Waals surface area contributed by atoms with Crippen LogP contribution >= 0.6 is 11.6 Å². The normalized spacial score (nSPS) is 22.9. The zero-order valence-corrected chi connectivity index (χ0v) is 25.4. The molecule has 2 saturated heterocycles. The van der Waals surface area contributed by atoms with Crippen LogP contribution in [0.3, 0.4) is 0 Å². The Balaban J connectivity index is 1.40. The van der Waals surface area contributed by atoms with Crippen molar-refractivity contribution in [1.82, 2.24) is 24.4 Å². The number of halogens is 3. The molecular weight excluding hydrogens is 608 g/mol. The summed E-state index contributed by atoms with van der Waals surface area (Å²) in [6, 6.07) is 4.42. The van der Waals surface area contributed by atoms with Gasteiger partial charge in [-0.3, -0.25) is 14.4 Å². The Labute approximate surface area is 251 Å². The van der Waals surface area contributed by atoms with Crippen LogP contribution in [0.5, 0.6) is 0 Å². The van der Waals surface area contributed by atoms with Crippen molar-refractivity contribution < 1.29 is 22.0 Å². The maximum Gasteiger partial charge on any atom is 0.316 e. The zero-order chi connectivity index (χ0) is 31.3. The second-order valence-corrected chi connectivity index (χ2v) is 14.0. The van der Waals surface area contributed by atoms with Crippen LogP contribution in [0.2, 0.25) is 5.02 Å². The molecule has 2 aliphatic heterocycles. The average Bonchev–Trinajstić information content (AvgIpc) is 3.29. The highest BCUT2D eigenvalue weighted by Gasteiger charge is 2.47. The SMILES string of the molecule is C[C@@H]1CN(c2ncc(Cl)c(Nc3ccc4c(c3)n(CCC(=O)NC3CCS(=O)(=O)C3)c(=O)c(=O)n4C)n2)C[C@H](C)C1(F)F. The summed E-state index contributed by atoms with van der Waals surface area (Å²) < 4.78 is 54.6. The lowest BCUT2D eigenvalue weighted by molar-refractivity contribution is -0.121. The van der Waals surface area contributed by atoms with E-state index in [9.17, 15) is 31.6 Å². The molecule has 5 rings (SSSR count). The topological polar surface area (TPSA) is 148 Å². The van der Waals surface area contributed by atoms with Gasteiger partial charge in [0.25, 0.3) is 5.92 Å². The number of fused-ring (bicyclic) bond motifs is 1. The summed E-state index contributed by atoms with van der Waals surface area (Å²) in [6.07, 6.45) is 1.56. The predicted octanol–water partition coefficient (Wildman–Crippen LogP) is 2.31. The lowest BCUT2D eigenvalue weighted by Gasteiger charge is -2.41. The van der Waals surface area contributed by atoms with Gasteiger partial charge in [-0.2, -0.15) is 4.98 Å². The summed E-state index contributed by atoms with van der Waals surface area (Å²) in [7, 11) is -1.71. The number of amides is 1. The third-order valence-electron chi connectivity index (χ3n) is 8.10. The predicted molar refractivity (Wildman–Crippen MR) is 159 cm³/mol. The Morgan fingerprint density at radius 1 is 1.14 bits per heavy atom. The van der Waals surface area contributed by atoms with Gasteiger partial charge in [-0.1, -0.05) is 25.4 Å². The Bertz CT molecular complexity index is 1800. The quantitative estimate of drug-likeness (QED) is 0.372. The Hall–Kier alpha value is -3.59. The van der Waals surface area contributed by atoms with Crippen LogP contribution < -0.4 is 26.7 Å². The maximum atomic E-state index is 14.4. The van der Waals surface area contributed by atoms with Gasteiger partial charge >= 0.3 is 11.1 Å². The molecule has 43 heavy (non-hydrogen) atoms. The first kappa shape index (κ1) is 30.9. The summed E-state index contributed by atoms with van der Waals surface area (Å²) >= 11 is 6.37. The number of hydrogen-bond acceptors (Lipinski definition) is 9. The molecule has 0 aliphatic carbocycles. The monoisotopic (exact) mass is 639 g/mol. The first-order valence-electron chi connectivity index (χ1n) is 13.8. The van der Waals surface area contributed by atoms with E-state index in [0.29, 0.717) is 23.1 Å². The molecule has 12 nitrogen and oxygen atoms in total. The summed E-state index contributed by atoms with van der Waals surface area (Å²) in [5.74, 6) is -4.70. The molecule has 2 fully saturated rings. The second-order valence-electron chi connectivity index (χ2n) is 11.3. The number of piperidine rings is 1. The average molecular weight is 640 g/mol. The summed E-state index contributed by atoms with van der Waals surface area (Å²) in [4.78, 5) is 48.6. The van der Waals surface area contributed by atoms with Gasteiger partial charge in [0.1, 0.15) is 5.02 Å². The number of aryl methyl sites for hydroxylation is 2. The van der Waals surface area contributed by atoms with Crippen molar-refractivity contribution in [3.63, 3.8) is 0 Å². The number of hydrogen-bond donors (Lipinski definition) is 2. The number of benzene rings is 1. The van der Waals surface area contributed by atoms with Gasteiger partial charge in [-0.15, -0.1) is 0 Å². The van der Waals surface area contributed by atoms with E-state index in [1.807, 2.05) is 0 Å². The fourth-order valence-electron chi connectivity index (χ4n) is 5.59. The van der Waals surface area contributed by atoms with E-state index >= 15 is 0 Å². The molecular formula is C27H32ClF2N7O5S. The molecule has 1 aromatic carbocycles. The van der Waals surface area contributed by atoms with Gasteiger partial charge < -0.3 is 24.7 Å². The minimum Gasteiger partial charge on any atom is -0.352 e. The number of alkyl halides is 2. The number of rotatable bonds is 7. The van der Waals surface area contributed by atoms with Gasteiger partial charge in [0.15, 0.2) is 15.7 Å². The first-order valence-corrected chi connectivity index (χ1v) is 16.0. The van der Waals surface area contributed by atoms with Gasteiger partial charge in [-0.25, -0.2) is 22.2 Å². The number of carbonyl (C=O) groups is 1. The van der Waals surface area contributed by atoms with Crippen molar-refractivity contribution in [2.75, 3.05) is 34.8 Å². The molecule has 0 bridgehead atoms. The first-order chi connectivity index (χ1) is 20.2. The van der Waals surface area contributed by atoms with E-state index < -0.39 is 50.7 Å². The van der Waals surface area contributed by atoms with Crippen LogP contribution in [0.25, 0.3) is 11.0 Å². The summed E-state index contributed by atoms with van der Waals surface area (Å²) in [6.45, 7) is 3.00. The number of nitrogens with one attached hydrogen (secondary N) is 2. The number of anilines is 3. The highest BCUT2D eigenvalue weighted by atomic mass is 35.5. The number of carbonyl (C=O) groups excluding carboxylic acids is 1. The molecule has 2 aromatic heterocycles. The minimum atomic E-state index is -3.18. The van der Waals surface area contributed by atoms with Crippen LogP contribution in [0.4, 0.5) is 26.2 Å². The van der Waals surface area contributed by atoms with Crippen LogP contribution in [0.15, 0.2) is 34.0 Å². The number of aromatic nitrogens is 4. The molecule has 2 aliphatic rings. The lowest BCUT2D eigenvalue weighted by Crippen LogP contribution is -2.52. The van der Waals surface area contributed by atoms with Gasteiger partial charge in [-0.05, 0) is 24.6 Å². The van der Waals surface area contributed by atoms with Gasteiger partial charge in [0.05, 0.1) is 28.7 Å². The van der Waals surface area contributed by atoms with E-state index in [1.165, 1.54) is 36.2 Å². The van der Waals surface area contributed by atoms with E-state index in [1.54, 1.807) is 23.1 Å². The van der Waals surface area contributed by atoms with Crippen molar-refractivity contribution in [2.45, 2.75) is 45.2 Å². The lowest BCUT2D eigenvalue weighted by atomic mass is 9.87. The molecule has 1 unspecified atom stereocenters. The standard InChI is InChI=1S/C27H32ClF2N7O5S/c1-15-12-36(13-16(2)27(15,29)30)26-31-11-19(28)23(34-26)33-17-4-5-20-21(10-17)37(25(40)24(39)35(20)3)8-6-22(38)32-18-7-9-43(41,42)14-18/h4-5,10-11,15-16,18H,6-9,12-14H2,1-3H3,(H,32,38)(H,31,33,34)/t15-,16+,18?. The largest absolute Gasteiger partial charge is 0.352 e. The van der Waals surface area contributed by atoms with E-state index in [0.717, 1.165) is 0 Å². The zero-order valence-electron chi connectivity index (χ0n) is 23.8. The summed E-state index contributed by atoms with van der Waals surface area (Å²) in [5, 5.41) is 5.95. The van der Waals surface area contributed by atoms with Crippen molar-refractivity contribution in [1.29, 1.82) is 0 Å². The Morgan fingerprint density at radius 3 is 2.49 bits per heavy atom. The maximum absolute atomic E-state index is 14.4. The smallest absolute Gasteiger partial charge is 0.316 e. The fourth-order valence-corrected chi connectivity index (χ4v) is 7.40. The highest BCUT2D eigenvalue weighted by molar-refractivity contribution is 7.91. The third-order valence-corrected chi connectivity index (χ3v) is 10.1. The van der Waals surface area contributed by atoms with Crippen molar-refractivity contribution in [2.24, 2.45) is 18.9 Å². The second kappa shape index (κ2) is 11.5. The van der Waals surface area contributed by atoms with Crippen LogP contribution in [-0.2, 0) is 28.2 Å². The van der Waals surface area contributed by atoms with Gasteiger partial charge in [0.2, 0.25) is 11.9 Å². The van der Waals surface area contributed by atoms with Crippen molar-refractivity contribution >= 4 is 55.8 Å². The Morgan fingerprint density at radius 2 is 1.84 bits per heavy atom. The van der Waals surface area contributed by atoms with E-state index in [2.05, 4.69) is 20.6 Å². The Kier molecular flexibility index (Phi) is 8.24. The van der Waals surface area contributed by atoms with Crippen LogP contribution in [-0.4, -0.2) is 70.0 Å². The molecule has 0 radical (unpaired) electrons. The molecule has 3 aromatic rings. The molecule has 0 saturated carbocycles. The van der Waals surface area contributed by atoms with Crippen LogP contribution in [0, 0.1) is 11.8 Å². The molecule has 2 N–H and O–H groups in total. The molecule has 1 amide bonds.